The molecule has 2 heterocycles. The molecule has 0 aromatic heterocycles. The minimum absolute atomic E-state index is 0.0158. The number of thioether (sulfide) groups is 1. The van der Waals surface area contributed by atoms with E-state index in [-0.39, 0.29) is 36.8 Å². The summed E-state index contributed by atoms with van der Waals surface area (Å²) in [4.78, 5) is 24.9. The molecule has 0 unspecified atom stereocenters. The van der Waals surface area contributed by atoms with Crippen LogP contribution in [0.15, 0.2) is 91.0 Å². The van der Waals surface area contributed by atoms with E-state index < -0.39 is 42.1 Å². The average molecular weight is 665 g/mol. The van der Waals surface area contributed by atoms with Crippen LogP contribution in [0.4, 0.5) is 0 Å². The molecule has 5 rings (SSSR count). The fourth-order valence-electron chi connectivity index (χ4n) is 5.47. The molecule has 2 aliphatic rings. The number of esters is 1. The highest BCUT2D eigenvalue weighted by atomic mass is 32.2. The SMILES string of the molecule is CC(=O)OC[C@H]1O[C@H](OC(C)C)C(=O)C[C@H]1S[C@H]1O[C@H](COCc2ccccc2)[C@@H](OCc2ccccc2)[C@@H]1OCc1ccccc1. The molecule has 7 atom stereocenters. The summed E-state index contributed by atoms with van der Waals surface area (Å²) in [6, 6.07) is 29.9. The first-order chi connectivity index (χ1) is 22.9. The molecule has 0 bridgehead atoms. The summed E-state index contributed by atoms with van der Waals surface area (Å²) < 4.78 is 43.2. The van der Waals surface area contributed by atoms with Gasteiger partial charge in [-0.1, -0.05) is 91.0 Å². The van der Waals surface area contributed by atoms with Crippen LogP contribution >= 0.6 is 11.8 Å². The molecule has 0 saturated carbocycles. The summed E-state index contributed by atoms with van der Waals surface area (Å²) in [6.07, 6.45) is -3.12. The molecule has 252 valence electrons. The zero-order chi connectivity index (χ0) is 33.0. The lowest BCUT2D eigenvalue weighted by Crippen LogP contribution is -2.48. The third kappa shape index (κ3) is 10.7. The van der Waals surface area contributed by atoms with Gasteiger partial charge in [0.2, 0.25) is 6.29 Å². The van der Waals surface area contributed by atoms with Gasteiger partial charge in [0.1, 0.15) is 36.5 Å². The molecule has 0 aliphatic carbocycles. The topological polar surface area (TPSA) is 98.8 Å². The van der Waals surface area contributed by atoms with Gasteiger partial charge >= 0.3 is 5.97 Å². The molecule has 3 aromatic rings. The third-order valence-corrected chi connectivity index (χ3v) is 9.23. The highest BCUT2D eigenvalue weighted by molar-refractivity contribution is 8.00. The summed E-state index contributed by atoms with van der Waals surface area (Å²) in [7, 11) is 0. The highest BCUT2D eigenvalue weighted by Crippen LogP contribution is 2.40. The largest absolute Gasteiger partial charge is 0.463 e. The minimum Gasteiger partial charge on any atom is -0.463 e. The lowest BCUT2D eigenvalue weighted by Gasteiger charge is -2.36. The van der Waals surface area contributed by atoms with Crippen molar-refractivity contribution < 1.29 is 42.7 Å². The number of carbonyl (C=O) groups is 2. The molecular weight excluding hydrogens is 620 g/mol. The van der Waals surface area contributed by atoms with Gasteiger partial charge in [-0.15, -0.1) is 11.8 Å². The van der Waals surface area contributed by atoms with E-state index in [1.54, 1.807) is 0 Å². The Morgan fingerprint density at radius 3 is 1.87 bits per heavy atom. The molecule has 0 N–H and O–H groups in total. The zero-order valence-corrected chi connectivity index (χ0v) is 27.9. The van der Waals surface area contributed by atoms with Gasteiger partial charge in [0.05, 0.1) is 32.5 Å². The van der Waals surface area contributed by atoms with E-state index in [0.29, 0.717) is 19.8 Å². The van der Waals surface area contributed by atoms with Gasteiger partial charge < -0.3 is 33.2 Å². The van der Waals surface area contributed by atoms with Crippen molar-refractivity contribution in [2.24, 2.45) is 0 Å². The van der Waals surface area contributed by atoms with Crippen LogP contribution in [0.2, 0.25) is 0 Å². The van der Waals surface area contributed by atoms with E-state index in [1.165, 1.54) is 18.7 Å². The molecule has 0 spiro atoms. The molecule has 2 fully saturated rings. The average Bonchev–Trinajstić information content (AvgIpc) is 3.39. The van der Waals surface area contributed by atoms with Crippen molar-refractivity contribution >= 4 is 23.5 Å². The second-order valence-electron chi connectivity index (χ2n) is 11.9. The van der Waals surface area contributed by atoms with Crippen molar-refractivity contribution in [2.75, 3.05) is 13.2 Å². The van der Waals surface area contributed by atoms with E-state index in [2.05, 4.69) is 0 Å². The van der Waals surface area contributed by atoms with Crippen LogP contribution in [0.25, 0.3) is 0 Å². The number of hydrogen-bond donors (Lipinski definition) is 0. The summed E-state index contributed by atoms with van der Waals surface area (Å²) in [5, 5.41) is -0.388. The van der Waals surface area contributed by atoms with Crippen molar-refractivity contribution in [1.82, 2.24) is 0 Å². The molecule has 47 heavy (non-hydrogen) atoms. The Morgan fingerprint density at radius 2 is 1.32 bits per heavy atom. The second kappa shape index (κ2) is 17.9. The maximum absolute atomic E-state index is 13.2. The van der Waals surface area contributed by atoms with Gasteiger partial charge in [0.25, 0.3) is 0 Å². The molecule has 0 amide bonds. The molecule has 2 saturated heterocycles. The number of rotatable bonds is 16. The van der Waals surface area contributed by atoms with Gasteiger partial charge in [0.15, 0.2) is 5.78 Å². The fourth-order valence-corrected chi connectivity index (χ4v) is 6.99. The lowest BCUT2D eigenvalue weighted by atomic mass is 10.1. The van der Waals surface area contributed by atoms with Gasteiger partial charge in [-0.2, -0.15) is 0 Å². The first kappa shape index (κ1) is 35.2. The number of Topliss-reactive ketones (excluding diaryl/α,β-unsaturated/α-hetero) is 1. The van der Waals surface area contributed by atoms with Crippen LogP contribution in [0.1, 0.15) is 43.9 Å². The van der Waals surface area contributed by atoms with Gasteiger partial charge in [0, 0.05) is 18.6 Å². The van der Waals surface area contributed by atoms with Crippen molar-refractivity contribution in [3.8, 4) is 0 Å². The smallest absolute Gasteiger partial charge is 0.302 e. The van der Waals surface area contributed by atoms with Gasteiger partial charge in [-0.05, 0) is 30.5 Å². The minimum atomic E-state index is -1.02. The Kier molecular flexibility index (Phi) is 13.4. The summed E-state index contributed by atoms with van der Waals surface area (Å²) in [5.41, 5.74) is 2.56. The van der Waals surface area contributed by atoms with Crippen LogP contribution < -0.4 is 0 Å². The van der Waals surface area contributed by atoms with Crippen molar-refractivity contribution in [3.05, 3.63) is 108 Å². The maximum Gasteiger partial charge on any atom is 0.302 e. The monoisotopic (exact) mass is 664 g/mol. The number of carbonyl (C=O) groups excluding carboxylic acids is 2. The first-order valence-corrected chi connectivity index (χ1v) is 17.0. The maximum atomic E-state index is 13.2. The zero-order valence-electron chi connectivity index (χ0n) is 27.1. The van der Waals surface area contributed by atoms with E-state index >= 15 is 0 Å². The Morgan fingerprint density at radius 1 is 0.766 bits per heavy atom. The van der Waals surface area contributed by atoms with Gasteiger partial charge in [-0.3, -0.25) is 9.59 Å². The van der Waals surface area contributed by atoms with E-state index in [4.69, 9.17) is 33.2 Å². The number of benzene rings is 3. The summed E-state index contributed by atoms with van der Waals surface area (Å²) in [5.74, 6) is -0.601. The van der Waals surface area contributed by atoms with Crippen LogP contribution in [0.3, 0.4) is 0 Å². The van der Waals surface area contributed by atoms with Crippen molar-refractivity contribution in [2.45, 2.75) is 94.5 Å². The first-order valence-electron chi connectivity index (χ1n) is 16.1. The normalized spacial score (nSPS) is 26.0. The van der Waals surface area contributed by atoms with Crippen LogP contribution in [0, 0.1) is 0 Å². The van der Waals surface area contributed by atoms with Crippen LogP contribution in [-0.2, 0) is 62.6 Å². The number of ketones is 1. The van der Waals surface area contributed by atoms with Crippen molar-refractivity contribution in [3.63, 3.8) is 0 Å². The van der Waals surface area contributed by atoms with Crippen LogP contribution in [0.5, 0.6) is 0 Å². The Hall–Kier alpha value is -3.09. The Labute approximate surface area is 281 Å². The highest BCUT2D eigenvalue weighted by Gasteiger charge is 2.50. The summed E-state index contributed by atoms with van der Waals surface area (Å²) >= 11 is 1.44. The quantitative estimate of drug-likeness (QED) is 0.173. The van der Waals surface area contributed by atoms with E-state index in [0.717, 1.165) is 16.7 Å². The fraction of sp³-hybridized carbons (Fsp3) is 0.459. The van der Waals surface area contributed by atoms with Gasteiger partial charge in [-0.25, -0.2) is 0 Å². The molecule has 3 aromatic carbocycles. The number of ether oxygens (including phenoxy) is 7. The molecule has 9 nitrogen and oxygen atoms in total. The predicted molar refractivity (Wildman–Crippen MR) is 177 cm³/mol. The second-order valence-corrected chi connectivity index (χ2v) is 13.2. The van der Waals surface area contributed by atoms with E-state index in [1.807, 2.05) is 105 Å². The number of hydrogen-bond acceptors (Lipinski definition) is 10. The Balaban J connectivity index is 1.37. The molecule has 10 heteroatoms. The molecule has 0 radical (unpaired) electrons. The molecule has 2 aliphatic heterocycles. The standard InChI is InChI=1S/C37H44O9S/c1-25(2)44-36-30(39)19-33(31(45-36)24-41-26(3)38)47-37-35(43-22-29-17-11-6-12-18-29)34(42-21-28-15-9-5-10-16-28)32(46-37)23-40-20-27-13-7-4-8-14-27/h4-18,25,31-37H,19-24H2,1-3H3/t31-,32-,33-,34-,35+,36+,37-/m1/s1. The van der Waals surface area contributed by atoms with E-state index in [9.17, 15) is 9.59 Å². The van der Waals surface area contributed by atoms with Crippen LogP contribution in [-0.4, -0.2) is 72.5 Å². The third-order valence-electron chi connectivity index (χ3n) is 7.77. The molecular formula is C37H44O9S. The predicted octanol–water partition coefficient (Wildman–Crippen LogP) is 5.87. The summed E-state index contributed by atoms with van der Waals surface area (Å²) in [6.45, 7) is 6.42. The Bertz CT molecular complexity index is 1370. The lowest BCUT2D eigenvalue weighted by molar-refractivity contribution is -0.211. The van der Waals surface area contributed by atoms with Crippen molar-refractivity contribution in [1.29, 1.82) is 0 Å².